The molecule has 31 heavy (non-hydrogen) atoms. The van der Waals surface area contributed by atoms with Crippen molar-refractivity contribution in [2.45, 2.75) is 0 Å². The van der Waals surface area contributed by atoms with E-state index in [1.807, 2.05) is 54.6 Å². The molecule has 0 bridgehead atoms. The van der Waals surface area contributed by atoms with Crippen molar-refractivity contribution in [2.75, 3.05) is 0 Å². The first kappa shape index (κ1) is 19.0. The topological polar surface area (TPSA) is 0 Å². The summed E-state index contributed by atoms with van der Waals surface area (Å²) in [5.74, 6) is -0.237. The molecule has 5 aromatic carbocycles. The third-order valence-corrected chi connectivity index (χ3v) is 5.50. The third-order valence-electron chi connectivity index (χ3n) is 5.50. The van der Waals surface area contributed by atoms with Crippen LogP contribution < -0.4 is 0 Å². The quantitative estimate of drug-likeness (QED) is 0.285. The lowest BCUT2D eigenvalue weighted by atomic mass is 9.87. The Morgan fingerprint density at radius 2 is 0.968 bits per heavy atom. The van der Waals surface area contributed by atoms with Gasteiger partial charge in [-0.2, -0.15) is 0 Å². The van der Waals surface area contributed by atoms with Crippen LogP contribution in [0.4, 0.5) is 4.39 Å². The van der Waals surface area contributed by atoms with Crippen molar-refractivity contribution in [2.24, 2.45) is 0 Å². The predicted molar refractivity (Wildman–Crippen MR) is 127 cm³/mol. The Bertz CT molecular complexity index is 1290. The normalized spacial score (nSPS) is 10.7. The predicted octanol–water partition coefficient (Wildman–Crippen LogP) is 8.29. The zero-order valence-corrected chi connectivity index (χ0v) is 16.9. The molecule has 1 radical (unpaired) electrons. The highest BCUT2D eigenvalue weighted by Gasteiger charge is 2.14. The monoisotopic (exact) mass is 399 g/mol. The lowest BCUT2D eigenvalue weighted by molar-refractivity contribution is 0.628. The van der Waals surface area contributed by atoms with Crippen molar-refractivity contribution in [1.82, 2.24) is 0 Å². The standard InChI is InChI=1S/C30H20F/c31-27-20-18-26(19-21-27)30-28(24-10-5-2-6-11-24)12-7-13-29(30)25-16-14-23(15-17-25)22-8-3-1-4-9-22/h1-12,14-21H. The Morgan fingerprint density at radius 1 is 0.452 bits per heavy atom. The summed E-state index contributed by atoms with van der Waals surface area (Å²) in [6, 6.07) is 43.4. The Labute approximate surface area is 182 Å². The van der Waals surface area contributed by atoms with Gasteiger partial charge in [-0.25, -0.2) is 4.39 Å². The molecule has 5 rings (SSSR count). The highest BCUT2D eigenvalue weighted by Crippen LogP contribution is 2.40. The van der Waals surface area contributed by atoms with Crippen LogP contribution in [-0.4, -0.2) is 0 Å². The molecule has 0 aromatic heterocycles. The zero-order chi connectivity index (χ0) is 21.0. The molecule has 5 aromatic rings. The largest absolute Gasteiger partial charge is 0.207 e. The molecule has 0 heterocycles. The maximum absolute atomic E-state index is 13.6. The molecule has 0 saturated heterocycles. The summed E-state index contributed by atoms with van der Waals surface area (Å²) in [4.78, 5) is 0. The summed E-state index contributed by atoms with van der Waals surface area (Å²) in [6.07, 6.45) is 0. The van der Waals surface area contributed by atoms with Crippen LogP contribution in [0.15, 0.2) is 121 Å². The van der Waals surface area contributed by atoms with E-state index in [-0.39, 0.29) is 5.82 Å². The van der Waals surface area contributed by atoms with E-state index in [4.69, 9.17) is 0 Å². The fraction of sp³-hybridized carbons (Fsp3) is 0. The molecular weight excluding hydrogens is 379 g/mol. The minimum atomic E-state index is -0.237. The Kier molecular flexibility index (Phi) is 5.16. The van der Waals surface area contributed by atoms with Crippen LogP contribution in [0.25, 0.3) is 44.5 Å². The zero-order valence-electron chi connectivity index (χ0n) is 16.9. The molecule has 0 aliphatic heterocycles. The molecule has 0 nitrogen and oxygen atoms in total. The maximum Gasteiger partial charge on any atom is 0.123 e. The van der Waals surface area contributed by atoms with Gasteiger partial charge >= 0.3 is 0 Å². The second-order valence-electron chi connectivity index (χ2n) is 7.46. The van der Waals surface area contributed by atoms with E-state index < -0.39 is 0 Å². The van der Waals surface area contributed by atoms with Crippen LogP contribution in [0.2, 0.25) is 0 Å². The molecule has 0 unspecified atom stereocenters. The summed E-state index contributed by atoms with van der Waals surface area (Å²) in [6.45, 7) is 0. The highest BCUT2D eigenvalue weighted by atomic mass is 19.1. The Hall–Kier alpha value is -3.97. The molecule has 0 N–H and O–H groups in total. The van der Waals surface area contributed by atoms with Gasteiger partial charge in [0.05, 0.1) is 0 Å². The molecule has 0 amide bonds. The smallest absolute Gasteiger partial charge is 0.123 e. The Balaban J connectivity index is 1.67. The van der Waals surface area contributed by atoms with Crippen LogP contribution in [0.1, 0.15) is 0 Å². The molecule has 0 fully saturated rings. The van der Waals surface area contributed by atoms with Gasteiger partial charge in [-0.3, -0.25) is 0 Å². The van der Waals surface area contributed by atoms with Crippen molar-refractivity contribution in [3.8, 4) is 44.5 Å². The van der Waals surface area contributed by atoms with Crippen molar-refractivity contribution < 1.29 is 4.39 Å². The number of halogens is 1. The van der Waals surface area contributed by atoms with Gasteiger partial charge in [0.25, 0.3) is 0 Å². The lowest BCUT2D eigenvalue weighted by Crippen LogP contribution is -1.91. The molecular formula is C30H20F. The van der Waals surface area contributed by atoms with E-state index >= 15 is 0 Å². The second-order valence-corrected chi connectivity index (χ2v) is 7.46. The van der Waals surface area contributed by atoms with Gasteiger partial charge in [0, 0.05) is 0 Å². The van der Waals surface area contributed by atoms with Gasteiger partial charge < -0.3 is 0 Å². The summed E-state index contributed by atoms with van der Waals surface area (Å²) in [7, 11) is 0. The van der Waals surface area contributed by atoms with E-state index in [2.05, 4.69) is 60.7 Å². The minimum Gasteiger partial charge on any atom is -0.207 e. The summed E-state index contributed by atoms with van der Waals surface area (Å²) >= 11 is 0. The maximum atomic E-state index is 13.6. The summed E-state index contributed by atoms with van der Waals surface area (Å²) < 4.78 is 13.6. The number of hydrogen-bond donors (Lipinski definition) is 0. The van der Waals surface area contributed by atoms with E-state index in [0.717, 1.165) is 33.4 Å². The molecule has 1 heteroatoms. The van der Waals surface area contributed by atoms with Gasteiger partial charge in [-0.05, 0) is 62.7 Å². The van der Waals surface area contributed by atoms with E-state index in [1.54, 1.807) is 0 Å². The van der Waals surface area contributed by atoms with Crippen molar-refractivity contribution >= 4 is 0 Å². The van der Waals surface area contributed by atoms with Gasteiger partial charge in [0.15, 0.2) is 0 Å². The van der Waals surface area contributed by atoms with Crippen molar-refractivity contribution in [1.29, 1.82) is 0 Å². The molecule has 147 valence electrons. The fourth-order valence-electron chi connectivity index (χ4n) is 3.96. The van der Waals surface area contributed by atoms with E-state index in [9.17, 15) is 4.39 Å². The van der Waals surface area contributed by atoms with Crippen molar-refractivity contribution in [3.63, 3.8) is 0 Å². The van der Waals surface area contributed by atoms with E-state index in [0.29, 0.717) is 0 Å². The minimum absolute atomic E-state index is 0.237. The number of hydrogen-bond acceptors (Lipinski definition) is 0. The average molecular weight is 399 g/mol. The van der Waals surface area contributed by atoms with Crippen LogP contribution in [0.5, 0.6) is 0 Å². The van der Waals surface area contributed by atoms with Crippen LogP contribution >= 0.6 is 0 Å². The third kappa shape index (κ3) is 3.91. The first-order valence-corrected chi connectivity index (χ1v) is 10.3. The van der Waals surface area contributed by atoms with Crippen molar-refractivity contribution in [3.05, 3.63) is 133 Å². The van der Waals surface area contributed by atoms with Gasteiger partial charge in [0.2, 0.25) is 0 Å². The van der Waals surface area contributed by atoms with Crippen LogP contribution in [-0.2, 0) is 0 Å². The Morgan fingerprint density at radius 3 is 1.61 bits per heavy atom. The highest BCUT2D eigenvalue weighted by molar-refractivity contribution is 5.94. The van der Waals surface area contributed by atoms with Gasteiger partial charge in [-0.1, -0.05) is 109 Å². The number of rotatable bonds is 4. The lowest BCUT2D eigenvalue weighted by Gasteiger charge is -2.16. The average Bonchev–Trinajstić information content (AvgIpc) is 2.85. The SMILES string of the molecule is Fc1ccc(-c2c(-c3ccc(-c4ccccc4)cc3)[c]ccc2-c2ccccc2)cc1. The van der Waals surface area contributed by atoms with Crippen LogP contribution in [0, 0.1) is 11.9 Å². The first-order valence-electron chi connectivity index (χ1n) is 10.3. The fourth-order valence-corrected chi connectivity index (χ4v) is 3.96. The van der Waals surface area contributed by atoms with Gasteiger partial charge in [0.1, 0.15) is 5.82 Å². The molecule has 0 spiro atoms. The molecule has 0 aliphatic carbocycles. The van der Waals surface area contributed by atoms with Gasteiger partial charge in [-0.15, -0.1) is 0 Å². The van der Waals surface area contributed by atoms with Crippen LogP contribution in [0.3, 0.4) is 0 Å². The first-order chi connectivity index (χ1) is 15.3. The molecule has 0 aliphatic rings. The summed E-state index contributed by atoms with van der Waals surface area (Å²) in [5, 5.41) is 0. The molecule has 0 saturated carbocycles. The number of benzene rings is 5. The molecule has 0 atom stereocenters. The second kappa shape index (κ2) is 8.41. The summed E-state index contributed by atoms with van der Waals surface area (Å²) in [5.41, 5.74) is 8.71. The van der Waals surface area contributed by atoms with E-state index in [1.165, 1.54) is 23.3 Å².